The van der Waals surface area contributed by atoms with Gasteiger partial charge in [0.2, 0.25) is 0 Å². The highest BCUT2D eigenvalue weighted by Crippen LogP contribution is 2.10. The van der Waals surface area contributed by atoms with Crippen LogP contribution >= 0.6 is 0 Å². The molecule has 0 atom stereocenters. The molecule has 0 unspecified atom stereocenters. The smallest absolute Gasteiger partial charge is 0.251 e. The summed E-state index contributed by atoms with van der Waals surface area (Å²) in [4.78, 5) is 13.9. The Morgan fingerprint density at radius 2 is 1.78 bits per heavy atom. The largest absolute Gasteiger partial charge is 0.370 e. The fraction of sp³-hybridized carbons (Fsp3) is 0.562. The first kappa shape index (κ1) is 17.9. The van der Waals surface area contributed by atoms with Crippen molar-refractivity contribution in [1.29, 1.82) is 0 Å². The van der Waals surface area contributed by atoms with Gasteiger partial charge in [-0.2, -0.15) is 0 Å². The molecule has 1 aromatic rings. The van der Waals surface area contributed by atoms with Crippen LogP contribution in [0.25, 0.3) is 0 Å². The molecule has 1 heterocycles. The average Bonchev–Trinajstić information content (AvgIpc) is 2.53. The standard InChI is InChI=1S/C16H24N2O4S/c1-16(2,18-8-10-22-11-9-18)12-17-15(19)13-4-6-14(7-5-13)23(3,20)21/h4-7H,8-12H2,1-3H3,(H,17,19)/p+1. The zero-order valence-corrected chi connectivity index (χ0v) is 14.7. The van der Waals surface area contributed by atoms with Crippen molar-refractivity contribution in [3.63, 3.8) is 0 Å². The molecule has 23 heavy (non-hydrogen) atoms. The van der Waals surface area contributed by atoms with Crippen molar-refractivity contribution in [2.45, 2.75) is 24.3 Å². The molecule has 1 aliphatic heterocycles. The molecule has 2 rings (SSSR count). The van der Waals surface area contributed by atoms with E-state index in [1.54, 1.807) is 12.1 Å². The van der Waals surface area contributed by atoms with E-state index in [1.165, 1.54) is 17.0 Å². The first-order valence-electron chi connectivity index (χ1n) is 7.71. The minimum atomic E-state index is -3.24. The molecule has 1 saturated heterocycles. The van der Waals surface area contributed by atoms with Crippen LogP contribution in [0.4, 0.5) is 0 Å². The van der Waals surface area contributed by atoms with Gasteiger partial charge in [0.25, 0.3) is 5.91 Å². The number of sulfone groups is 1. The highest BCUT2D eigenvalue weighted by molar-refractivity contribution is 7.90. The van der Waals surface area contributed by atoms with Crippen molar-refractivity contribution >= 4 is 15.7 Å². The van der Waals surface area contributed by atoms with Crippen molar-refractivity contribution in [3.8, 4) is 0 Å². The Balaban J connectivity index is 1.96. The van der Waals surface area contributed by atoms with Gasteiger partial charge in [0, 0.05) is 11.8 Å². The maximum atomic E-state index is 12.2. The van der Waals surface area contributed by atoms with Gasteiger partial charge in [0.05, 0.1) is 24.7 Å². The summed E-state index contributed by atoms with van der Waals surface area (Å²) in [7, 11) is -3.24. The van der Waals surface area contributed by atoms with Crippen LogP contribution in [0.3, 0.4) is 0 Å². The molecular weight excluding hydrogens is 316 g/mol. The third-order valence-electron chi connectivity index (χ3n) is 4.29. The summed E-state index contributed by atoms with van der Waals surface area (Å²) in [6, 6.07) is 6.01. The summed E-state index contributed by atoms with van der Waals surface area (Å²) in [5.74, 6) is -0.189. The SMILES string of the molecule is CC(C)(CNC(=O)c1ccc(S(C)(=O)=O)cc1)[NH+]1CCOCC1. The number of ether oxygens (including phenoxy) is 1. The third kappa shape index (κ3) is 4.76. The fourth-order valence-electron chi connectivity index (χ4n) is 2.68. The number of nitrogens with one attached hydrogen (secondary N) is 2. The van der Waals surface area contributed by atoms with E-state index in [0.717, 1.165) is 32.6 Å². The van der Waals surface area contributed by atoms with Crippen LogP contribution in [-0.2, 0) is 14.6 Å². The fourth-order valence-corrected chi connectivity index (χ4v) is 3.31. The maximum absolute atomic E-state index is 12.2. The number of hydrogen-bond acceptors (Lipinski definition) is 4. The lowest BCUT2D eigenvalue weighted by Crippen LogP contribution is -3.22. The van der Waals surface area contributed by atoms with E-state index in [1.807, 2.05) is 0 Å². The Morgan fingerprint density at radius 1 is 1.22 bits per heavy atom. The van der Waals surface area contributed by atoms with Gasteiger partial charge in [-0.05, 0) is 38.1 Å². The van der Waals surface area contributed by atoms with E-state index >= 15 is 0 Å². The van der Waals surface area contributed by atoms with Crippen LogP contribution in [0.1, 0.15) is 24.2 Å². The lowest BCUT2D eigenvalue weighted by molar-refractivity contribution is -0.954. The van der Waals surface area contributed by atoms with Gasteiger partial charge in [-0.25, -0.2) is 8.42 Å². The first-order valence-corrected chi connectivity index (χ1v) is 9.60. The van der Waals surface area contributed by atoms with Crippen molar-refractivity contribution < 1.29 is 22.8 Å². The average molecular weight is 341 g/mol. The molecule has 0 saturated carbocycles. The predicted molar refractivity (Wildman–Crippen MR) is 87.5 cm³/mol. The summed E-state index contributed by atoms with van der Waals surface area (Å²) < 4.78 is 28.2. The number of hydrogen-bond donors (Lipinski definition) is 2. The molecule has 0 spiro atoms. The van der Waals surface area contributed by atoms with Gasteiger partial charge < -0.3 is 15.0 Å². The molecule has 0 aliphatic carbocycles. The van der Waals surface area contributed by atoms with Crippen molar-refractivity contribution in [3.05, 3.63) is 29.8 Å². The van der Waals surface area contributed by atoms with Gasteiger partial charge in [-0.15, -0.1) is 0 Å². The molecule has 0 radical (unpaired) electrons. The third-order valence-corrected chi connectivity index (χ3v) is 5.42. The second kappa shape index (κ2) is 6.98. The summed E-state index contributed by atoms with van der Waals surface area (Å²) >= 11 is 0. The van der Waals surface area contributed by atoms with E-state index < -0.39 is 9.84 Å². The van der Waals surface area contributed by atoms with Gasteiger partial charge >= 0.3 is 0 Å². The van der Waals surface area contributed by atoms with Crippen molar-refractivity contribution in [2.24, 2.45) is 0 Å². The summed E-state index contributed by atoms with van der Waals surface area (Å²) in [5, 5.41) is 2.94. The van der Waals surface area contributed by atoms with E-state index in [4.69, 9.17) is 4.74 Å². The minimum Gasteiger partial charge on any atom is -0.370 e. The maximum Gasteiger partial charge on any atom is 0.251 e. The van der Waals surface area contributed by atoms with Crippen LogP contribution in [0.15, 0.2) is 29.2 Å². The monoisotopic (exact) mass is 341 g/mol. The Hall–Kier alpha value is -1.44. The second-order valence-electron chi connectivity index (χ2n) is 6.58. The predicted octanol–water partition coefficient (Wildman–Crippen LogP) is -0.486. The molecule has 0 bridgehead atoms. The molecule has 2 N–H and O–H groups in total. The van der Waals surface area contributed by atoms with Crippen LogP contribution in [0.2, 0.25) is 0 Å². The van der Waals surface area contributed by atoms with E-state index in [2.05, 4.69) is 19.2 Å². The number of morpholine rings is 1. The highest BCUT2D eigenvalue weighted by Gasteiger charge is 2.32. The number of carbonyl (C=O) groups excluding carboxylic acids is 1. The number of benzene rings is 1. The Labute approximate surface area is 137 Å². The van der Waals surface area contributed by atoms with Crippen LogP contribution in [-0.4, -0.2) is 59.0 Å². The molecule has 6 nitrogen and oxygen atoms in total. The topological polar surface area (TPSA) is 76.9 Å². The number of rotatable bonds is 5. The molecule has 1 amide bonds. The quantitative estimate of drug-likeness (QED) is 0.758. The number of quaternary nitrogens is 1. The van der Waals surface area contributed by atoms with E-state index in [0.29, 0.717) is 12.1 Å². The van der Waals surface area contributed by atoms with Crippen LogP contribution in [0.5, 0.6) is 0 Å². The van der Waals surface area contributed by atoms with Crippen molar-refractivity contribution in [1.82, 2.24) is 5.32 Å². The number of carbonyl (C=O) groups is 1. The summed E-state index contributed by atoms with van der Waals surface area (Å²) in [5.41, 5.74) is 0.386. The van der Waals surface area contributed by atoms with E-state index in [9.17, 15) is 13.2 Å². The van der Waals surface area contributed by atoms with Gasteiger partial charge in [-0.3, -0.25) is 4.79 Å². The number of amides is 1. The summed E-state index contributed by atoms with van der Waals surface area (Å²) in [6.45, 7) is 8.17. The lowest BCUT2D eigenvalue weighted by atomic mass is 10.0. The second-order valence-corrected chi connectivity index (χ2v) is 8.59. The normalized spacial score (nSPS) is 17.0. The van der Waals surface area contributed by atoms with Gasteiger partial charge in [0.1, 0.15) is 18.6 Å². The Kier molecular flexibility index (Phi) is 5.44. The highest BCUT2D eigenvalue weighted by atomic mass is 32.2. The molecule has 1 aliphatic rings. The van der Waals surface area contributed by atoms with Crippen LogP contribution in [0, 0.1) is 0 Å². The molecule has 1 aromatic carbocycles. The van der Waals surface area contributed by atoms with Crippen molar-refractivity contribution in [2.75, 3.05) is 39.1 Å². The molecule has 128 valence electrons. The van der Waals surface area contributed by atoms with Gasteiger partial charge in [0.15, 0.2) is 9.84 Å². The molecule has 1 fully saturated rings. The minimum absolute atomic E-state index is 0.0772. The van der Waals surface area contributed by atoms with Crippen LogP contribution < -0.4 is 10.2 Å². The molecule has 0 aromatic heterocycles. The van der Waals surface area contributed by atoms with Gasteiger partial charge in [-0.1, -0.05) is 0 Å². The molecular formula is C16H25N2O4S+. The molecule has 7 heteroatoms. The first-order chi connectivity index (χ1) is 10.7. The zero-order chi connectivity index (χ0) is 17.1. The lowest BCUT2D eigenvalue weighted by Gasteiger charge is -2.37. The zero-order valence-electron chi connectivity index (χ0n) is 13.9. The van der Waals surface area contributed by atoms with E-state index in [-0.39, 0.29) is 16.3 Å². The summed E-state index contributed by atoms with van der Waals surface area (Å²) in [6.07, 6.45) is 1.15. The Bertz CT molecular complexity index is 647. The Morgan fingerprint density at radius 3 is 2.30 bits per heavy atom.